The molecule has 1 saturated heterocycles. The van der Waals surface area contributed by atoms with Crippen LogP contribution in [0.1, 0.15) is 15.9 Å². The van der Waals surface area contributed by atoms with E-state index in [2.05, 4.69) is 11.6 Å². The van der Waals surface area contributed by atoms with Gasteiger partial charge in [0.2, 0.25) is 0 Å². The van der Waals surface area contributed by atoms with Gasteiger partial charge in [0.1, 0.15) is 0 Å². The molecule has 1 amide bonds. The number of amides is 1. The van der Waals surface area contributed by atoms with Gasteiger partial charge in [-0.25, -0.2) is 9.79 Å². The Balaban J connectivity index is 1.83. The highest BCUT2D eigenvalue weighted by atomic mass is 32.2. The van der Waals surface area contributed by atoms with Gasteiger partial charge in [0.15, 0.2) is 5.17 Å². The second-order valence-corrected chi connectivity index (χ2v) is 6.86. The molecule has 1 N–H and O–H groups in total. The molecule has 3 rings (SSSR count). The van der Waals surface area contributed by atoms with Crippen LogP contribution in [0.2, 0.25) is 0 Å². The predicted octanol–water partition coefficient (Wildman–Crippen LogP) is 4.73. The maximum Gasteiger partial charge on any atom is 0.335 e. The molecular weight excluding hydrogens is 372 g/mol. The van der Waals surface area contributed by atoms with Gasteiger partial charge in [-0.05, 0) is 47.7 Å². The fourth-order valence-electron chi connectivity index (χ4n) is 2.50. The molecule has 1 aliphatic rings. The molecule has 2 aromatic rings. The number of hydrogen-bond donors (Lipinski definition) is 1. The minimum absolute atomic E-state index is 0.136. The number of carbonyl (C=O) groups is 2. The summed E-state index contributed by atoms with van der Waals surface area (Å²) in [5, 5.41) is 9.52. The van der Waals surface area contributed by atoms with E-state index in [1.165, 1.54) is 23.9 Å². The van der Waals surface area contributed by atoms with Crippen LogP contribution in [0.3, 0.4) is 0 Å². The van der Waals surface area contributed by atoms with Gasteiger partial charge in [-0.1, -0.05) is 48.6 Å². The molecule has 1 heterocycles. The highest BCUT2D eigenvalue weighted by molar-refractivity contribution is 8.18. The van der Waals surface area contributed by atoms with E-state index < -0.39 is 5.97 Å². The van der Waals surface area contributed by atoms with E-state index in [9.17, 15) is 9.59 Å². The Kier molecular flexibility index (Phi) is 6.24. The molecule has 0 spiro atoms. The van der Waals surface area contributed by atoms with Gasteiger partial charge < -0.3 is 5.11 Å². The zero-order valence-electron chi connectivity index (χ0n) is 15.0. The van der Waals surface area contributed by atoms with Crippen LogP contribution in [-0.4, -0.2) is 33.6 Å². The number of hydrogen-bond acceptors (Lipinski definition) is 4. The van der Waals surface area contributed by atoms with Crippen molar-refractivity contribution in [2.45, 2.75) is 0 Å². The molecule has 0 unspecified atom stereocenters. The molecule has 140 valence electrons. The smallest absolute Gasteiger partial charge is 0.335 e. The highest BCUT2D eigenvalue weighted by Crippen LogP contribution is 2.32. The van der Waals surface area contributed by atoms with E-state index in [0.717, 1.165) is 5.56 Å². The van der Waals surface area contributed by atoms with E-state index >= 15 is 0 Å². The van der Waals surface area contributed by atoms with Crippen LogP contribution >= 0.6 is 11.8 Å². The van der Waals surface area contributed by atoms with Gasteiger partial charge in [-0.3, -0.25) is 9.69 Å². The van der Waals surface area contributed by atoms with Gasteiger partial charge in [-0.2, -0.15) is 0 Å². The van der Waals surface area contributed by atoms with Crippen molar-refractivity contribution >= 4 is 40.6 Å². The monoisotopic (exact) mass is 390 g/mol. The lowest BCUT2D eigenvalue weighted by Gasteiger charge is -2.12. The number of carboxylic acids is 1. The Bertz CT molecular complexity index is 977. The number of benzene rings is 2. The summed E-state index contributed by atoms with van der Waals surface area (Å²) >= 11 is 1.28. The molecule has 0 atom stereocenters. The summed E-state index contributed by atoms with van der Waals surface area (Å²) in [6, 6.07) is 16.0. The molecular formula is C22H18N2O3S. The minimum Gasteiger partial charge on any atom is -0.478 e. The van der Waals surface area contributed by atoms with Gasteiger partial charge >= 0.3 is 5.97 Å². The lowest BCUT2D eigenvalue weighted by atomic mass is 10.2. The first-order valence-corrected chi connectivity index (χ1v) is 9.36. The molecule has 1 fully saturated rings. The maximum atomic E-state index is 12.7. The third-order valence-corrected chi connectivity index (χ3v) is 4.90. The average Bonchev–Trinajstić information content (AvgIpc) is 2.98. The van der Waals surface area contributed by atoms with Crippen LogP contribution in [0, 0.1) is 0 Å². The predicted molar refractivity (Wildman–Crippen MR) is 114 cm³/mol. The Morgan fingerprint density at radius 1 is 1.14 bits per heavy atom. The summed E-state index contributed by atoms with van der Waals surface area (Å²) in [7, 11) is 0. The number of carbonyl (C=O) groups excluding carboxylic acids is 1. The molecule has 0 aliphatic carbocycles. The lowest BCUT2D eigenvalue weighted by Crippen LogP contribution is -2.29. The molecule has 2 aromatic carbocycles. The maximum absolute atomic E-state index is 12.7. The Hall–Kier alpha value is -3.38. The van der Waals surface area contributed by atoms with Crippen LogP contribution in [0.25, 0.3) is 6.08 Å². The van der Waals surface area contributed by atoms with Crippen molar-refractivity contribution in [2.24, 2.45) is 4.99 Å². The van der Waals surface area contributed by atoms with E-state index in [-0.39, 0.29) is 11.5 Å². The third kappa shape index (κ3) is 4.66. The normalized spacial score (nSPS) is 17.0. The molecule has 0 radical (unpaired) electrons. The topological polar surface area (TPSA) is 70.0 Å². The largest absolute Gasteiger partial charge is 0.478 e. The number of aromatic carboxylic acids is 1. The summed E-state index contributed by atoms with van der Waals surface area (Å²) in [6.07, 6.45) is 7.18. The molecule has 0 aromatic heterocycles. The second kappa shape index (κ2) is 9.01. The summed E-state index contributed by atoms with van der Waals surface area (Å²) < 4.78 is 0. The Morgan fingerprint density at radius 3 is 2.50 bits per heavy atom. The standard InChI is InChI=1S/C22H18N2O3S/c1-2-15-24-20(25)19(10-6-9-16-7-4-3-5-8-16)28-22(24)23-18-13-11-17(12-14-18)21(26)27/h2-14H,1,15H2,(H,26,27). The first kappa shape index (κ1) is 19.4. The van der Waals surface area contributed by atoms with E-state index in [1.54, 1.807) is 29.2 Å². The number of aliphatic imine (C=N–C) groups is 1. The SMILES string of the molecule is C=CCN1C(=O)C(=CC=Cc2ccccc2)SC1=Nc1ccc(C(=O)O)cc1. The van der Waals surface area contributed by atoms with Crippen LogP contribution in [0.15, 0.2) is 89.3 Å². The van der Waals surface area contributed by atoms with Crippen LogP contribution in [0.5, 0.6) is 0 Å². The van der Waals surface area contributed by atoms with Gasteiger partial charge in [0.05, 0.1) is 16.2 Å². The highest BCUT2D eigenvalue weighted by Gasteiger charge is 2.32. The van der Waals surface area contributed by atoms with E-state index in [1.807, 2.05) is 42.5 Å². The number of rotatable bonds is 6. The zero-order chi connectivity index (χ0) is 19.9. The number of carboxylic acid groups (broad SMARTS) is 1. The van der Waals surface area contributed by atoms with Crippen molar-refractivity contribution in [3.05, 3.63) is 95.4 Å². The van der Waals surface area contributed by atoms with Crippen molar-refractivity contribution in [3.8, 4) is 0 Å². The van der Waals surface area contributed by atoms with E-state index in [0.29, 0.717) is 22.3 Å². The number of nitrogens with zero attached hydrogens (tertiary/aromatic N) is 2. The van der Waals surface area contributed by atoms with E-state index in [4.69, 9.17) is 5.11 Å². The fraction of sp³-hybridized carbons (Fsp3) is 0.0455. The van der Waals surface area contributed by atoms with Crippen molar-refractivity contribution in [1.29, 1.82) is 0 Å². The third-order valence-electron chi connectivity index (χ3n) is 3.87. The summed E-state index contributed by atoms with van der Waals surface area (Å²) in [6.45, 7) is 4.05. The molecule has 6 heteroatoms. The van der Waals surface area contributed by atoms with Crippen molar-refractivity contribution in [3.63, 3.8) is 0 Å². The summed E-state index contributed by atoms with van der Waals surface area (Å²) in [5.41, 5.74) is 1.81. The average molecular weight is 390 g/mol. The lowest BCUT2D eigenvalue weighted by molar-refractivity contribution is -0.121. The minimum atomic E-state index is -0.992. The zero-order valence-corrected chi connectivity index (χ0v) is 15.8. The molecule has 0 bridgehead atoms. The first-order chi connectivity index (χ1) is 13.6. The van der Waals surface area contributed by atoms with Crippen LogP contribution in [-0.2, 0) is 4.79 Å². The number of amidine groups is 1. The Labute approximate surface area is 167 Å². The summed E-state index contributed by atoms with van der Waals surface area (Å²) in [5.74, 6) is -1.13. The van der Waals surface area contributed by atoms with Gasteiger partial charge in [-0.15, -0.1) is 6.58 Å². The number of thioether (sulfide) groups is 1. The van der Waals surface area contributed by atoms with Crippen LogP contribution < -0.4 is 0 Å². The quantitative estimate of drug-likeness (QED) is 0.572. The van der Waals surface area contributed by atoms with Crippen molar-refractivity contribution in [1.82, 2.24) is 4.90 Å². The summed E-state index contributed by atoms with van der Waals surface area (Å²) in [4.78, 5) is 30.3. The van der Waals surface area contributed by atoms with Crippen molar-refractivity contribution < 1.29 is 14.7 Å². The van der Waals surface area contributed by atoms with Gasteiger partial charge in [0.25, 0.3) is 5.91 Å². The van der Waals surface area contributed by atoms with Gasteiger partial charge in [0, 0.05) is 6.54 Å². The number of allylic oxidation sites excluding steroid dienone is 2. The first-order valence-electron chi connectivity index (χ1n) is 8.54. The Morgan fingerprint density at radius 2 is 1.86 bits per heavy atom. The molecule has 28 heavy (non-hydrogen) atoms. The fourth-order valence-corrected chi connectivity index (χ4v) is 3.45. The molecule has 5 nitrogen and oxygen atoms in total. The second-order valence-electron chi connectivity index (χ2n) is 5.85. The van der Waals surface area contributed by atoms with Crippen LogP contribution in [0.4, 0.5) is 5.69 Å². The molecule has 0 saturated carbocycles. The molecule has 1 aliphatic heterocycles. The van der Waals surface area contributed by atoms with Crippen molar-refractivity contribution in [2.75, 3.05) is 6.54 Å².